The molecule has 2 rings (SSSR count). The molecule has 32 heavy (non-hydrogen) atoms. The fourth-order valence-corrected chi connectivity index (χ4v) is 3.19. The first-order valence-electron chi connectivity index (χ1n) is 9.48. The molecule has 0 spiro atoms. The van der Waals surface area contributed by atoms with Gasteiger partial charge in [-0.15, -0.1) is 0 Å². The molecule has 12 heteroatoms. The summed E-state index contributed by atoms with van der Waals surface area (Å²) in [7, 11) is 1.28. The predicted molar refractivity (Wildman–Crippen MR) is 129 cm³/mol. The van der Waals surface area contributed by atoms with E-state index in [-0.39, 0.29) is 5.75 Å². The highest BCUT2D eigenvalue weighted by atomic mass is 32.2. The van der Waals surface area contributed by atoms with Crippen molar-refractivity contribution in [2.75, 3.05) is 37.6 Å². The van der Waals surface area contributed by atoms with E-state index in [0.29, 0.717) is 17.9 Å². The number of methoxy groups -OCH3 is 1. The lowest BCUT2D eigenvalue weighted by Crippen LogP contribution is -2.20. The molecule has 0 aliphatic rings. The molecule has 4 N–H and O–H groups in total. The van der Waals surface area contributed by atoms with Crippen molar-refractivity contribution < 1.29 is 26.7 Å². The van der Waals surface area contributed by atoms with E-state index in [0.717, 1.165) is 16.3 Å². The number of carbonyl (C=O) groups excluding carboxylic acids is 1. The third-order valence-corrected chi connectivity index (χ3v) is 5.31. The van der Waals surface area contributed by atoms with E-state index in [4.69, 9.17) is 8.74 Å². The van der Waals surface area contributed by atoms with Gasteiger partial charge in [-0.3, -0.25) is 9.87 Å². The van der Waals surface area contributed by atoms with Gasteiger partial charge in [-0.2, -0.15) is 8.42 Å². The molecule has 0 saturated carbocycles. The number of nitrogens with one attached hydrogen (secondary N) is 3. The van der Waals surface area contributed by atoms with Gasteiger partial charge in [-0.25, -0.2) is 9.79 Å². The number of anilines is 2. The van der Waals surface area contributed by atoms with Crippen LogP contribution in [0.5, 0.6) is 5.75 Å². The maximum atomic E-state index is 11.1. The van der Waals surface area contributed by atoms with E-state index in [1.807, 2.05) is 43.4 Å². The standard InChI is InChI=1S/C17H20N4O3S.C3H8O3S/c1-18-12-4-7-14(8-5-12)25-24-13-6-9-15(19-2)16(10-13)20-11-21-17(22)23-3;1-2-3-7(4,5)6/h4-11,18-19H,1-3H3,(H,20,21,22);2-3H2,1H3,(H,4,5,6). The summed E-state index contributed by atoms with van der Waals surface area (Å²) in [4.78, 5) is 16.2. The number of aliphatic imine (C=N–C) groups is 1. The molecule has 0 atom stereocenters. The highest BCUT2D eigenvalue weighted by Gasteiger charge is 2.05. The summed E-state index contributed by atoms with van der Waals surface area (Å²) in [6.07, 6.45) is 1.16. The smallest absolute Gasteiger partial charge is 0.412 e. The second kappa shape index (κ2) is 14.2. The van der Waals surface area contributed by atoms with Crippen LogP contribution in [0.15, 0.2) is 52.4 Å². The Balaban J connectivity index is 0.000000633. The molecule has 0 bridgehead atoms. The molecule has 0 aromatic heterocycles. The average molecular weight is 485 g/mol. The summed E-state index contributed by atoms with van der Waals surface area (Å²) in [6, 6.07) is 13.4. The van der Waals surface area contributed by atoms with Crippen LogP contribution < -0.4 is 20.1 Å². The predicted octanol–water partition coefficient (Wildman–Crippen LogP) is 4.16. The van der Waals surface area contributed by atoms with Gasteiger partial charge in [0.15, 0.2) is 0 Å². The molecule has 0 fully saturated rings. The zero-order valence-electron chi connectivity index (χ0n) is 18.3. The van der Waals surface area contributed by atoms with Crippen molar-refractivity contribution in [1.29, 1.82) is 0 Å². The Hall–Kier alpha value is -2.96. The number of amides is 1. The number of hydrogen-bond acceptors (Lipinski definition) is 9. The normalized spacial score (nSPS) is 10.7. The minimum absolute atomic E-state index is 0.132. The van der Waals surface area contributed by atoms with E-state index < -0.39 is 16.2 Å². The van der Waals surface area contributed by atoms with Gasteiger partial charge in [0.1, 0.15) is 5.75 Å². The van der Waals surface area contributed by atoms with Crippen LogP contribution in [0.3, 0.4) is 0 Å². The van der Waals surface area contributed by atoms with Gasteiger partial charge in [0.05, 0.1) is 42.6 Å². The molecular formula is C20H28N4O6S2. The lowest BCUT2D eigenvalue weighted by Gasteiger charge is -2.09. The van der Waals surface area contributed by atoms with Gasteiger partial charge in [0.2, 0.25) is 0 Å². The number of alkyl carbamates (subject to hydrolysis) is 1. The summed E-state index contributed by atoms with van der Waals surface area (Å²) in [5, 5.41) is 8.49. The van der Waals surface area contributed by atoms with E-state index >= 15 is 0 Å². The first-order chi connectivity index (χ1) is 15.2. The van der Waals surface area contributed by atoms with Crippen molar-refractivity contribution in [3.05, 3.63) is 42.5 Å². The number of nitrogens with zero attached hydrogens (tertiary/aromatic N) is 1. The van der Waals surface area contributed by atoms with Crippen LogP contribution in [0, 0.1) is 0 Å². The topological polar surface area (TPSA) is 138 Å². The van der Waals surface area contributed by atoms with Crippen LogP contribution in [-0.4, -0.2) is 52.4 Å². The number of carbonyl (C=O) groups is 1. The molecule has 0 unspecified atom stereocenters. The minimum atomic E-state index is -3.67. The Labute approximate surface area is 192 Å². The minimum Gasteiger partial charge on any atom is -0.453 e. The maximum absolute atomic E-state index is 11.1. The molecule has 0 radical (unpaired) electrons. The molecule has 0 heterocycles. The number of hydrogen-bond donors (Lipinski definition) is 4. The van der Waals surface area contributed by atoms with Gasteiger partial charge >= 0.3 is 6.09 Å². The molecule has 0 saturated heterocycles. The summed E-state index contributed by atoms with van der Waals surface area (Å²) >= 11 is 1.26. The van der Waals surface area contributed by atoms with Gasteiger partial charge in [-0.05, 0) is 42.8 Å². The van der Waals surface area contributed by atoms with Gasteiger partial charge in [0.25, 0.3) is 10.1 Å². The lowest BCUT2D eigenvalue weighted by molar-refractivity contribution is 0.177. The Kier molecular flexibility index (Phi) is 12.0. The summed E-state index contributed by atoms with van der Waals surface area (Å²) in [5.74, 6) is 0.513. The average Bonchev–Trinajstić information content (AvgIpc) is 2.77. The van der Waals surface area contributed by atoms with Crippen molar-refractivity contribution in [2.45, 2.75) is 18.2 Å². The lowest BCUT2D eigenvalue weighted by atomic mass is 10.2. The first kappa shape index (κ1) is 27.1. The largest absolute Gasteiger partial charge is 0.453 e. The van der Waals surface area contributed by atoms with E-state index in [2.05, 4.69) is 25.7 Å². The van der Waals surface area contributed by atoms with Crippen LogP contribution in [0.2, 0.25) is 0 Å². The van der Waals surface area contributed by atoms with E-state index in [1.165, 1.54) is 25.5 Å². The second-order valence-electron chi connectivity index (χ2n) is 6.05. The van der Waals surface area contributed by atoms with Gasteiger partial charge < -0.3 is 19.6 Å². The molecule has 2 aromatic rings. The Morgan fingerprint density at radius 3 is 2.34 bits per heavy atom. The van der Waals surface area contributed by atoms with Gasteiger partial charge in [-0.1, -0.05) is 6.92 Å². The van der Waals surface area contributed by atoms with E-state index in [1.54, 1.807) is 20.0 Å². The van der Waals surface area contributed by atoms with Crippen LogP contribution in [0.1, 0.15) is 13.3 Å². The Morgan fingerprint density at radius 1 is 1.16 bits per heavy atom. The second-order valence-corrected chi connectivity index (χ2v) is 8.43. The SMILES string of the molecule is CCCS(=O)(=O)O.CNc1ccc(SOc2ccc(NC)c(N=CNC(=O)OC)c2)cc1. The molecule has 0 aliphatic carbocycles. The number of rotatable bonds is 9. The van der Waals surface area contributed by atoms with Gasteiger partial charge in [0, 0.05) is 30.7 Å². The molecule has 10 nitrogen and oxygen atoms in total. The Bertz CT molecular complexity index is 982. The summed E-state index contributed by atoms with van der Waals surface area (Å²) in [5.41, 5.74) is 2.47. The van der Waals surface area contributed by atoms with Crippen LogP contribution in [0.4, 0.5) is 21.9 Å². The molecule has 1 amide bonds. The van der Waals surface area contributed by atoms with Crippen LogP contribution >= 0.6 is 12.0 Å². The molecule has 0 aliphatic heterocycles. The molecular weight excluding hydrogens is 456 g/mol. The van der Waals surface area contributed by atoms with Crippen molar-refractivity contribution in [3.63, 3.8) is 0 Å². The molecule has 2 aromatic carbocycles. The summed E-state index contributed by atoms with van der Waals surface area (Å²) in [6.45, 7) is 1.69. The monoisotopic (exact) mass is 484 g/mol. The number of benzene rings is 2. The van der Waals surface area contributed by atoms with Crippen molar-refractivity contribution in [1.82, 2.24) is 5.32 Å². The summed E-state index contributed by atoms with van der Waals surface area (Å²) < 4.78 is 37.8. The van der Waals surface area contributed by atoms with Crippen molar-refractivity contribution in [2.24, 2.45) is 4.99 Å². The van der Waals surface area contributed by atoms with Crippen molar-refractivity contribution in [3.8, 4) is 5.75 Å². The maximum Gasteiger partial charge on any atom is 0.412 e. The Morgan fingerprint density at radius 2 is 1.84 bits per heavy atom. The van der Waals surface area contributed by atoms with Crippen LogP contribution in [-0.2, 0) is 14.9 Å². The third-order valence-electron chi connectivity index (χ3n) is 3.65. The first-order valence-corrected chi connectivity index (χ1v) is 11.8. The fraction of sp³-hybridized carbons (Fsp3) is 0.300. The third kappa shape index (κ3) is 10.9. The van der Waals surface area contributed by atoms with Crippen molar-refractivity contribution >= 4 is 51.7 Å². The number of ether oxygens (including phenoxy) is 1. The highest BCUT2D eigenvalue weighted by Crippen LogP contribution is 2.32. The fourth-order valence-electron chi connectivity index (χ4n) is 2.13. The zero-order chi connectivity index (χ0) is 24.0. The zero-order valence-corrected chi connectivity index (χ0v) is 19.9. The quantitative estimate of drug-likeness (QED) is 0.179. The van der Waals surface area contributed by atoms with E-state index in [9.17, 15) is 13.2 Å². The molecule has 176 valence electrons. The highest BCUT2D eigenvalue weighted by molar-refractivity contribution is 7.95. The van der Waals surface area contributed by atoms with Crippen LogP contribution in [0.25, 0.3) is 0 Å².